The second-order valence-corrected chi connectivity index (χ2v) is 6.47. The second-order valence-electron chi connectivity index (χ2n) is 6.03. The van der Waals surface area contributed by atoms with Gasteiger partial charge in [-0.2, -0.15) is 0 Å². The quantitative estimate of drug-likeness (QED) is 0.617. The number of allylic oxidation sites excluding steroid dienone is 1. The third-order valence-electron chi connectivity index (χ3n) is 4.47. The Bertz CT molecular complexity index is 624. The van der Waals surface area contributed by atoms with Crippen molar-refractivity contribution >= 4 is 23.0 Å². The molecular formula is C19H27ClN4. The Morgan fingerprint density at radius 3 is 3.00 bits per heavy atom. The molecule has 0 spiro atoms. The summed E-state index contributed by atoms with van der Waals surface area (Å²) in [4.78, 5) is 2.40. The molecule has 1 unspecified atom stereocenters. The molecule has 2 rings (SSSR count). The third kappa shape index (κ3) is 4.54. The van der Waals surface area contributed by atoms with Crippen LogP contribution in [0.5, 0.6) is 0 Å². The lowest BCUT2D eigenvalue weighted by Crippen LogP contribution is -2.31. The number of likely N-dealkylation sites (tertiary alicyclic amines) is 1. The van der Waals surface area contributed by atoms with Crippen LogP contribution in [0.2, 0.25) is 5.02 Å². The summed E-state index contributed by atoms with van der Waals surface area (Å²) in [7, 11) is 1.84. The highest BCUT2D eigenvalue weighted by molar-refractivity contribution is 6.31. The fourth-order valence-corrected chi connectivity index (χ4v) is 3.32. The lowest BCUT2D eigenvalue weighted by molar-refractivity contribution is 0.308. The number of hydrogen-bond acceptors (Lipinski definition) is 4. The molecule has 0 saturated carbocycles. The maximum Gasteiger partial charge on any atom is 0.0647 e. The molecule has 1 aliphatic heterocycles. The third-order valence-corrected chi connectivity index (χ3v) is 4.70. The summed E-state index contributed by atoms with van der Waals surface area (Å²) in [6.45, 7) is 8.24. The van der Waals surface area contributed by atoms with Crippen molar-refractivity contribution in [3.8, 4) is 0 Å². The van der Waals surface area contributed by atoms with E-state index >= 15 is 0 Å². The van der Waals surface area contributed by atoms with E-state index in [4.69, 9.17) is 17.0 Å². The van der Waals surface area contributed by atoms with Crippen LogP contribution in [-0.4, -0.2) is 36.8 Å². The standard InChI is InChI=1S/C19H27ClN4/c1-4-16-6-5-11-24(16)14(2)13-23-10-9-18(21)17-12-15(20)7-8-19(17)22-3/h7-10,12,16,21-23H,2,4-6,11,13H2,1,3H3/b10-9-,21-18?. The fourth-order valence-electron chi connectivity index (χ4n) is 3.14. The topological polar surface area (TPSA) is 51.2 Å². The van der Waals surface area contributed by atoms with Crippen molar-refractivity contribution < 1.29 is 0 Å². The van der Waals surface area contributed by atoms with E-state index in [1.54, 1.807) is 12.1 Å². The first-order valence-corrected chi connectivity index (χ1v) is 8.85. The first-order valence-electron chi connectivity index (χ1n) is 8.47. The molecular weight excluding hydrogens is 320 g/mol. The normalized spacial score (nSPS) is 17.3. The molecule has 24 heavy (non-hydrogen) atoms. The van der Waals surface area contributed by atoms with Crippen LogP contribution in [0.15, 0.2) is 42.8 Å². The first kappa shape index (κ1) is 18.4. The van der Waals surface area contributed by atoms with E-state index in [2.05, 4.69) is 29.0 Å². The molecule has 1 saturated heterocycles. The van der Waals surface area contributed by atoms with Crippen LogP contribution in [0, 0.1) is 5.41 Å². The summed E-state index contributed by atoms with van der Waals surface area (Å²) >= 11 is 6.04. The maximum absolute atomic E-state index is 8.23. The molecule has 1 aliphatic rings. The zero-order valence-corrected chi connectivity index (χ0v) is 15.3. The smallest absolute Gasteiger partial charge is 0.0647 e. The van der Waals surface area contributed by atoms with Gasteiger partial charge in [-0.05, 0) is 49.7 Å². The monoisotopic (exact) mass is 346 g/mol. The van der Waals surface area contributed by atoms with Gasteiger partial charge in [-0.25, -0.2) is 0 Å². The Balaban J connectivity index is 1.89. The second kappa shape index (κ2) is 8.78. The van der Waals surface area contributed by atoms with Crippen LogP contribution >= 0.6 is 11.6 Å². The van der Waals surface area contributed by atoms with E-state index in [1.165, 1.54) is 19.3 Å². The summed E-state index contributed by atoms with van der Waals surface area (Å²) < 4.78 is 0. The van der Waals surface area contributed by atoms with Gasteiger partial charge in [0, 0.05) is 41.6 Å². The average molecular weight is 347 g/mol. The SMILES string of the molecule is C=C(CN/C=C\C(=N)c1cc(Cl)ccc1NC)N1CCCC1CC. The van der Waals surface area contributed by atoms with E-state index in [9.17, 15) is 0 Å². The van der Waals surface area contributed by atoms with Gasteiger partial charge in [0.1, 0.15) is 0 Å². The van der Waals surface area contributed by atoms with Gasteiger partial charge < -0.3 is 20.9 Å². The number of nitrogens with one attached hydrogen (secondary N) is 3. The number of benzene rings is 1. The summed E-state index contributed by atoms with van der Waals surface area (Å²) in [5, 5.41) is 15.2. The Morgan fingerprint density at radius 1 is 1.50 bits per heavy atom. The minimum absolute atomic E-state index is 0.410. The zero-order valence-electron chi connectivity index (χ0n) is 14.5. The average Bonchev–Trinajstić information content (AvgIpc) is 3.07. The van der Waals surface area contributed by atoms with E-state index in [1.807, 2.05) is 25.4 Å². The summed E-state index contributed by atoms with van der Waals surface area (Å²) in [6, 6.07) is 6.13. The Morgan fingerprint density at radius 2 is 2.29 bits per heavy atom. The minimum Gasteiger partial charge on any atom is -0.388 e. The first-order chi connectivity index (χ1) is 11.6. The fraction of sp³-hybridized carbons (Fsp3) is 0.421. The van der Waals surface area contributed by atoms with E-state index in [0.717, 1.165) is 23.5 Å². The van der Waals surface area contributed by atoms with Crippen molar-refractivity contribution in [2.24, 2.45) is 0 Å². The number of nitrogens with zero attached hydrogens (tertiary/aromatic N) is 1. The van der Waals surface area contributed by atoms with Crippen molar-refractivity contribution in [1.82, 2.24) is 10.2 Å². The van der Waals surface area contributed by atoms with Crippen molar-refractivity contribution in [2.45, 2.75) is 32.2 Å². The van der Waals surface area contributed by atoms with Crippen molar-refractivity contribution in [3.05, 3.63) is 53.3 Å². The maximum atomic E-state index is 8.23. The molecule has 1 fully saturated rings. The highest BCUT2D eigenvalue weighted by Crippen LogP contribution is 2.23. The highest BCUT2D eigenvalue weighted by Gasteiger charge is 2.23. The van der Waals surface area contributed by atoms with Crippen LogP contribution in [0.25, 0.3) is 0 Å². The van der Waals surface area contributed by atoms with Gasteiger partial charge in [0.2, 0.25) is 0 Å². The number of anilines is 1. The van der Waals surface area contributed by atoms with Gasteiger partial charge in [-0.15, -0.1) is 0 Å². The largest absolute Gasteiger partial charge is 0.388 e. The number of hydrogen-bond donors (Lipinski definition) is 3. The molecule has 0 amide bonds. The number of halogens is 1. The minimum atomic E-state index is 0.410. The zero-order chi connectivity index (χ0) is 17.5. The van der Waals surface area contributed by atoms with Gasteiger partial charge in [-0.1, -0.05) is 25.1 Å². The molecule has 130 valence electrons. The molecule has 0 aromatic heterocycles. The van der Waals surface area contributed by atoms with Crippen LogP contribution in [0.3, 0.4) is 0 Å². The van der Waals surface area contributed by atoms with Crippen molar-refractivity contribution in [1.29, 1.82) is 5.41 Å². The summed E-state index contributed by atoms with van der Waals surface area (Å²) in [6.07, 6.45) is 7.24. The predicted octanol–water partition coefficient (Wildman–Crippen LogP) is 4.24. The molecule has 0 aliphatic carbocycles. The van der Waals surface area contributed by atoms with Crippen LogP contribution < -0.4 is 10.6 Å². The predicted molar refractivity (Wildman–Crippen MR) is 104 cm³/mol. The van der Waals surface area contributed by atoms with Gasteiger partial charge >= 0.3 is 0 Å². The Kier molecular flexibility index (Phi) is 6.73. The van der Waals surface area contributed by atoms with Gasteiger partial charge in [0.05, 0.1) is 12.3 Å². The molecule has 5 heteroatoms. The number of rotatable bonds is 8. The van der Waals surface area contributed by atoms with Crippen molar-refractivity contribution in [2.75, 3.05) is 25.5 Å². The molecule has 3 N–H and O–H groups in total. The van der Waals surface area contributed by atoms with Gasteiger partial charge in [0.25, 0.3) is 0 Å². The lowest BCUT2D eigenvalue weighted by Gasteiger charge is -2.27. The molecule has 0 bridgehead atoms. The van der Waals surface area contributed by atoms with E-state index in [-0.39, 0.29) is 0 Å². The van der Waals surface area contributed by atoms with Crippen LogP contribution in [-0.2, 0) is 0 Å². The molecule has 1 atom stereocenters. The Labute approximate surface area is 150 Å². The van der Waals surface area contributed by atoms with Gasteiger partial charge in [-0.3, -0.25) is 0 Å². The van der Waals surface area contributed by atoms with Crippen LogP contribution in [0.1, 0.15) is 31.7 Å². The highest BCUT2D eigenvalue weighted by atomic mass is 35.5. The van der Waals surface area contributed by atoms with Crippen LogP contribution in [0.4, 0.5) is 5.69 Å². The molecule has 1 aromatic carbocycles. The molecule has 4 nitrogen and oxygen atoms in total. The molecule has 1 heterocycles. The summed E-state index contributed by atoms with van der Waals surface area (Å²) in [5.41, 5.74) is 3.20. The van der Waals surface area contributed by atoms with Gasteiger partial charge in [0.15, 0.2) is 0 Å². The summed E-state index contributed by atoms with van der Waals surface area (Å²) in [5.74, 6) is 0. The molecule has 1 aromatic rings. The Hall–Kier alpha value is -1.94. The molecule has 0 radical (unpaired) electrons. The van der Waals surface area contributed by atoms with E-state index < -0.39 is 0 Å². The lowest BCUT2D eigenvalue weighted by atomic mass is 10.1. The van der Waals surface area contributed by atoms with E-state index in [0.29, 0.717) is 23.3 Å². The van der Waals surface area contributed by atoms with Crippen molar-refractivity contribution in [3.63, 3.8) is 0 Å².